The Labute approximate surface area is 204 Å². The minimum absolute atomic E-state index is 0.0251. The summed E-state index contributed by atoms with van der Waals surface area (Å²) in [6.07, 6.45) is 3.79. The van der Waals surface area contributed by atoms with Gasteiger partial charge in [0, 0.05) is 12.6 Å². The van der Waals surface area contributed by atoms with Crippen molar-refractivity contribution in [3.63, 3.8) is 0 Å². The van der Waals surface area contributed by atoms with Gasteiger partial charge in [0.1, 0.15) is 18.1 Å². The molecule has 3 rings (SSSR count). The molecular weight excluding hydrogens is 448 g/mol. The van der Waals surface area contributed by atoms with E-state index in [1.165, 1.54) is 5.56 Å². The first-order valence-corrected chi connectivity index (χ1v) is 11.6. The van der Waals surface area contributed by atoms with E-state index in [9.17, 15) is 9.59 Å². The number of aryl methyl sites for hydroxylation is 2. The number of nitrogen functional groups attached to an aromatic ring is 2. The number of anilines is 2. The number of likely N-dealkylation sites (tertiary alicyclic amines) is 1. The third kappa shape index (κ3) is 7.82. The van der Waals surface area contributed by atoms with Gasteiger partial charge in [-0.3, -0.25) is 9.59 Å². The molecule has 1 saturated heterocycles. The zero-order valence-electron chi connectivity index (χ0n) is 19.9. The Morgan fingerprint density at radius 2 is 2.00 bits per heavy atom. The predicted molar refractivity (Wildman–Crippen MR) is 131 cm³/mol. The van der Waals surface area contributed by atoms with E-state index < -0.39 is 0 Å². The molecule has 11 heteroatoms. The van der Waals surface area contributed by atoms with Crippen LogP contribution in [0.1, 0.15) is 41.0 Å². The molecular formula is C24H32N8O3. The second-order valence-electron chi connectivity index (χ2n) is 8.51. The Morgan fingerprint density at radius 1 is 1.23 bits per heavy atom. The van der Waals surface area contributed by atoms with Gasteiger partial charge in [0.15, 0.2) is 18.1 Å². The van der Waals surface area contributed by atoms with Crippen LogP contribution in [0.2, 0.25) is 0 Å². The van der Waals surface area contributed by atoms with E-state index in [1.807, 2.05) is 30.3 Å². The Bertz CT molecular complexity index is 1070. The lowest BCUT2D eigenvalue weighted by Gasteiger charge is -2.33. The lowest BCUT2D eigenvalue weighted by Crippen LogP contribution is -2.48. The van der Waals surface area contributed by atoms with Gasteiger partial charge in [-0.25, -0.2) is 9.97 Å². The molecule has 1 fully saturated rings. The van der Waals surface area contributed by atoms with Gasteiger partial charge in [0.05, 0.1) is 11.8 Å². The lowest BCUT2D eigenvalue weighted by molar-refractivity contribution is -0.122. The quantitative estimate of drug-likeness (QED) is 0.359. The standard InChI is InChI=1S/C24H32N8O3/c1-16-22(26)31-23(27)21(29-16)24(34)30-18-5-3-13-32(14-18)12-2-4-17-6-8-19(9-7-17)35-15-20(33)28-11-10-25/h6-9,18H,2-5,11-15H2,1H3,(H,28,33)(H,30,34)(H4,26,27,31)/t18-/m0/s1. The highest BCUT2D eigenvalue weighted by atomic mass is 16.5. The SMILES string of the molecule is Cc1nc(C(=O)N[C@H]2CCCN(CCCc3ccc(OCC(=O)NCC#N)cc3)C2)c(N)nc1N. The Kier molecular flexibility index (Phi) is 9.20. The van der Waals surface area contributed by atoms with Crippen LogP contribution in [-0.4, -0.2) is 65.5 Å². The van der Waals surface area contributed by atoms with Crippen LogP contribution >= 0.6 is 0 Å². The predicted octanol–water partition coefficient (Wildman–Crippen LogP) is 0.795. The molecule has 1 aromatic heterocycles. The van der Waals surface area contributed by atoms with E-state index in [4.69, 9.17) is 21.5 Å². The van der Waals surface area contributed by atoms with Crippen LogP contribution in [-0.2, 0) is 11.2 Å². The molecule has 2 aromatic rings. The number of aromatic nitrogens is 2. The van der Waals surface area contributed by atoms with Gasteiger partial charge >= 0.3 is 0 Å². The molecule has 186 valence electrons. The van der Waals surface area contributed by atoms with Gasteiger partial charge < -0.3 is 31.7 Å². The van der Waals surface area contributed by atoms with E-state index in [1.54, 1.807) is 6.92 Å². The van der Waals surface area contributed by atoms with Crippen LogP contribution in [0.5, 0.6) is 5.75 Å². The van der Waals surface area contributed by atoms with Crippen LogP contribution < -0.4 is 26.8 Å². The van der Waals surface area contributed by atoms with Gasteiger partial charge in [-0.15, -0.1) is 0 Å². The Morgan fingerprint density at radius 3 is 2.74 bits per heavy atom. The fraction of sp³-hybridized carbons (Fsp3) is 0.458. The first-order valence-electron chi connectivity index (χ1n) is 11.6. The van der Waals surface area contributed by atoms with Gasteiger partial charge in [-0.1, -0.05) is 12.1 Å². The number of carbonyl (C=O) groups excluding carboxylic acids is 2. The van der Waals surface area contributed by atoms with Crippen LogP contribution in [0.25, 0.3) is 0 Å². The summed E-state index contributed by atoms with van der Waals surface area (Å²) in [7, 11) is 0. The zero-order valence-corrected chi connectivity index (χ0v) is 19.9. The number of nitrogens with zero attached hydrogens (tertiary/aromatic N) is 4. The van der Waals surface area contributed by atoms with Crippen molar-refractivity contribution in [3.05, 3.63) is 41.2 Å². The van der Waals surface area contributed by atoms with Gasteiger partial charge in [-0.05, 0) is 63.4 Å². The van der Waals surface area contributed by atoms with E-state index >= 15 is 0 Å². The number of ether oxygens (including phenoxy) is 1. The fourth-order valence-corrected chi connectivity index (χ4v) is 3.94. The number of hydrogen-bond acceptors (Lipinski definition) is 9. The molecule has 6 N–H and O–H groups in total. The molecule has 35 heavy (non-hydrogen) atoms. The van der Waals surface area contributed by atoms with Crippen molar-refractivity contribution in [2.45, 2.75) is 38.6 Å². The van der Waals surface area contributed by atoms with Crippen LogP contribution in [0.15, 0.2) is 24.3 Å². The van der Waals surface area contributed by atoms with Crippen LogP contribution in [0.3, 0.4) is 0 Å². The monoisotopic (exact) mass is 480 g/mol. The van der Waals surface area contributed by atoms with E-state index in [2.05, 4.69) is 25.5 Å². The molecule has 0 aliphatic carbocycles. The number of benzene rings is 1. The third-order valence-corrected chi connectivity index (χ3v) is 5.79. The summed E-state index contributed by atoms with van der Waals surface area (Å²) in [6.45, 7) is 4.23. The van der Waals surface area contributed by atoms with Crippen molar-refractivity contribution in [1.82, 2.24) is 25.5 Å². The maximum absolute atomic E-state index is 12.7. The molecule has 2 heterocycles. The summed E-state index contributed by atoms with van der Waals surface area (Å²) in [5.74, 6) is 0.222. The normalized spacial score (nSPS) is 15.7. The number of piperidine rings is 1. The number of hydrogen-bond donors (Lipinski definition) is 4. The molecule has 2 amide bonds. The largest absolute Gasteiger partial charge is 0.484 e. The molecule has 0 unspecified atom stereocenters. The Hall–Kier alpha value is -3.91. The van der Waals surface area contributed by atoms with Gasteiger partial charge in [0.2, 0.25) is 0 Å². The highest BCUT2D eigenvalue weighted by Crippen LogP contribution is 2.16. The number of nitrogens with one attached hydrogen (secondary N) is 2. The molecule has 0 radical (unpaired) electrons. The van der Waals surface area contributed by atoms with Crippen LogP contribution in [0.4, 0.5) is 11.6 Å². The number of amides is 2. The van der Waals surface area contributed by atoms with Crippen LogP contribution in [0, 0.1) is 18.3 Å². The molecule has 0 bridgehead atoms. The number of rotatable bonds is 10. The van der Waals surface area contributed by atoms with Crippen molar-refractivity contribution in [1.29, 1.82) is 5.26 Å². The van der Waals surface area contributed by atoms with E-state index in [0.29, 0.717) is 11.4 Å². The van der Waals surface area contributed by atoms with Crippen molar-refractivity contribution in [3.8, 4) is 11.8 Å². The highest BCUT2D eigenvalue weighted by Gasteiger charge is 2.23. The van der Waals surface area contributed by atoms with Gasteiger partial charge in [0.25, 0.3) is 11.8 Å². The summed E-state index contributed by atoms with van der Waals surface area (Å²) in [6, 6.07) is 9.53. The molecule has 1 aliphatic rings. The summed E-state index contributed by atoms with van der Waals surface area (Å²) in [5.41, 5.74) is 13.3. The average molecular weight is 481 g/mol. The molecule has 0 saturated carbocycles. The van der Waals surface area contributed by atoms with E-state index in [-0.39, 0.29) is 48.3 Å². The first kappa shape index (κ1) is 25.7. The smallest absolute Gasteiger partial charge is 0.273 e. The van der Waals surface area contributed by atoms with Crippen molar-refractivity contribution < 1.29 is 14.3 Å². The molecule has 11 nitrogen and oxygen atoms in total. The number of carbonyl (C=O) groups is 2. The number of nitriles is 1. The van der Waals surface area contributed by atoms with E-state index in [0.717, 1.165) is 45.3 Å². The zero-order chi connectivity index (χ0) is 25.2. The maximum atomic E-state index is 12.7. The molecule has 1 atom stereocenters. The van der Waals surface area contributed by atoms with Crippen molar-refractivity contribution in [2.75, 3.05) is 44.3 Å². The first-order chi connectivity index (χ1) is 16.9. The highest BCUT2D eigenvalue weighted by molar-refractivity contribution is 5.96. The lowest BCUT2D eigenvalue weighted by atomic mass is 10.0. The minimum atomic E-state index is -0.327. The summed E-state index contributed by atoms with van der Waals surface area (Å²) in [4.78, 5) is 34.7. The van der Waals surface area contributed by atoms with Crippen molar-refractivity contribution in [2.24, 2.45) is 0 Å². The maximum Gasteiger partial charge on any atom is 0.273 e. The van der Waals surface area contributed by atoms with Gasteiger partial charge in [-0.2, -0.15) is 5.26 Å². The second-order valence-corrected chi connectivity index (χ2v) is 8.51. The molecule has 0 spiro atoms. The average Bonchev–Trinajstić information content (AvgIpc) is 2.84. The second kappa shape index (κ2) is 12.5. The molecule has 1 aliphatic heterocycles. The fourth-order valence-electron chi connectivity index (χ4n) is 3.94. The third-order valence-electron chi connectivity index (χ3n) is 5.79. The molecule has 1 aromatic carbocycles. The summed E-state index contributed by atoms with van der Waals surface area (Å²) < 4.78 is 5.43. The summed E-state index contributed by atoms with van der Waals surface area (Å²) >= 11 is 0. The van der Waals surface area contributed by atoms with Crippen molar-refractivity contribution >= 4 is 23.5 Å². The minimum Gasteiger partial charge on any atom is -0.484 e. The Balaban J connectivity index is 1.40. The topological polar surface area (TPSA) is 172 Å². The summed E-state index contributed by atoms with van der Waals surface area (Å²) in [5, 5.41) is 13.9. The number of nitrogens with two attached hydrogens (primary N) is 2.